The summed E-state index contributed by atoms with van der Waals surface area (Å²) in [6, 6.07) is 6.13. The van der Waals surface area contributed by atoms with Gasteiger partial charge in [0.25, 0.3) is 5.69 Å². The lowest BCUT2D eigenvalue weighted by Crippen LogP contribution is -2.08. The van der Waals surface area contributed by atoms with Gasteiger partial charge in [0.2, 0.25) is 11.7 Å². The van der Waals surface area contributed by atoms with E-state index in [4.69, 9.17) is 4.52 Å². The minimum absolute atomic E-state index is 0.0473. The second kappa shape index (κ2) is 5.01. The molecular weight excluding hydrogens is 260 g/mol. The van der Waals surface area contributed by atoms with Crippen LogP contribution in [-0.4, -0.2) is 28.2 Å². The molecule has 1 saturated heterocycles. The zero-order valence-corrected chi connectivity index (χ0v) is 10.9. The Hall–Kier alpha value is -2.28. The molecule has 0 radical (unpaired) electrons. The lowest BCUT2D eigenvalue weighted by Gasteiger charge is -2.07. The second-order valence-electron chi connectivity index (χ2n) is 5.00. The first-order valence-electron chi connectivity index (χ1n) is 6.44. The number of non-ortho nitro benzene ring substituents is 1. The van der Waals surface area contributed by atoms with Crippen LogP contribution in [0.15, 0.2) is 28.8 Å². The minimum Gasteiger partial charge on any atom is -0.339 e. The molecule has 1 N–H and O–H groups in total. The molecule has 3 rings (SSSR count). The van der Waals surface area contributed by atoms with Crippen molar-refractivity contribution in [3.63, 3.8) is 0 Å². The Morgan fingerprint density at radius 3 is 2.70 bits per heavy atom. The SMILES string of the molecule is C[C@@H]1CNC[C@H]1c1nc(-c2ccc([N+](=O)[O-])cc2)no1. The van der Waals surface area contributed by atoms with Crippen LogP contribution >= 0.6 is 0 Å². The molecule has 0 amide bonds. The van der Waals surface area contributed by atoms with Gasteiger partial charge in [-0.15, -0.1) is 0 Å². The van der Waals surface area contributed by atoms with E-state index in [1.807, 2.05) is 0 Å². The summed E-state index contributed by atoms with van der Waals surface area (Å²) in [4.78, 5) is 14.6. The van der Waals surface area contributed by atoms with Gasteiger partial charge in [0.1, 0.15) is 0 Å². The van der Waals surface area contributed by atoms with E-state index in [2.05, 4.69) is 22.4 Å². The van der Waals surface area contributed by atoms with Crippen molar-refractivity contribution in [1.82, 2.24) is 15.5 Å². The molecule has 1 fully saturated rings. The first-order valence-corrected chi connectivity index (χ1v) is 6.44. The summed E-state index contributed by atoms with van der Waals surface area (Å²) in [7, 11) is 0. The monoisotopic (exact) mass is 274 g/mol. The number of hydrogen-bond donors (Lipinski definition) is 1. The summed E-state index contributed by atoms with van der Waals surface area (Å²) in [6.45, 7) is 3.92. The van der Waals surface area contributed by atoms with Gasteiger partial charge in [-0.3, -0.25) is 10.1 Å². The molecule has 2 heterocycles. The van der Waals surface area contributed by atoms with Crippen LogP contribution in [0.3, 0.4) is 0 Å². The molecule has 0 bridgehead atoms. The molecule has 1 aliphatic rings. The van der Waals surface area contributed by atoms with Crippen LogP contribution in [0.1, 0.15) is 18.7 Å². The van der Waals surface area contributed by atoms with E-state index in [1.165, 1.54) is 12.1 Å². The van der Waals surface area contributed by atoms with Crippen LogP contribution in [0.25, 0.3) is 11.4 Å². The average Bonchev–Trinajstić information content (AvgIpc) is 3.07. The van der Waals surface area contributed by atoms with E-state index >= 15 is 0 Å². The number of nitrogens with one attached hydrogen (secondary N) is 1. The molecule has 2 aromatic rings. The second-order valence-corrected chi connectivity index (χ2v) is 5.00. The Morgan fingerprint density at radius 1 is 1.35 bits per heavy atom. The predicted octanol–water partition coefficient (Wildman–Crippen LogP) is 1.97. The molecule has 0 unspecified atom stereocenters. The van der Waals surface area contributed by atoms with Gasteiger partial charge in [-0.05, 0) is 24.6 Å². The van der Waals surface area contributed by atoms with Gasteiger partial charge in [-0.25, -0.2) is 0 Å². The normalized spacial score (nSPS) is 22.1. The zero-order chi connectivity index (χ0) is 14.1. The van der Waals surface area contributed by atoms with Crippen LogP contribution < -0.4 is 5.32 Å². The highest BCUT2D eigenvalue weighted by Crippen LogP contribution is 2.28. The van der Waals surface area contributed by atoms with E-state index in [9.17, 15) is 10.1 Å². The van der Waals surface area contributed by atoms with Gasteiger partial charge >= 0.3 is 0 Å². The number of rotatable bonds is 3. The maximum Gasteiger partial charge on any atom is 0.269 e. The van der Waals surface area contributed by atoms with Crippen LogP contribution in [0, 0.1) is 16.0 Å². The number of nitrogens with zero attached hydrogens (tertiary/aromatic N) is 3. The van der Waals surface area contributed by atoms with Crippen LogP contribution in [0.4, 0.5) is 5.69 Å². The van der Waals surface area contributed by atoms with Crippen molar-refractivity contribution in [1.29, 1.82) is 0 Å². The van der Waals surface area contributed by atoms with Gasteiger partial charge in [0.15, 0.2) is 0 Å². The highest BCUT2D eigenvalue weighted by molar-refractivity contribution is 5.56. The molecule has 20 heavy (non-hydrogen) atoms. The highest BCUT2D eigenvalue weighted by atomic mass is 16.6. The third kappa shape index (κ3) is 2.27. The van der Waals surface area contributed by atoms with E-state index in [1.54, 1.807) is 12.1 Å². The third-order valence-corrected chi connectivity index (χ3v) is 3.61. The standard InChI is InChI=1S/C13H14N4O3/c1-8-6-14-7-11(8)13-15-12(16-20-13)9-2-4-10(5-3-9)17(18)19/h2-5,8,11,14H,6-7H2,1H3/t8-,11-/m1/s1. The Morgan fingerprint density at radius 2 is 2.10 bits per heavy atom. The molecule has 104 valence electrons. The fourth-order valence-electron chi connectivity index (χ4n) is 2.38. The van der Waals surface area contributed by atoms with Gasteiger partial charge < -0.3 is 9.84 Å². The van der Waals surface area contributed by atoms with Crippen molar-refractivity contribution >= 4 is 5.69 Å². The van der Waals surface area contributed by atoms with E-state index in [0.29, 0.717) is 23.2 Å². The largest absolute Gasteiger partial charge is 0.339 e. The van der Waals surface area contributed by atoms with Crippen LogP contribution in [0.2, 0.25) is 0 Å². The first-order chi connectivity index (χ1) is 9.65. The first kappa shape index (κ1) is 12.7. The zero-order valence-electron chi connectivity index (χ0n) is 10.9. The molecule has 0 saturated carbocycles. The topological polar surface area (TPSA) is 94.1 Å². The lowest BCUT2D eigenvalue weighted by molar-refractivity contribution is -0.384. The molecule has 0 spiro atoms. The lowest BCUT2D eigenvalue weighted by atomic mass is 9.98. The summed E-state index contributed by atoms with van der Waals surface area (Å²) < 4.78 is 5.32. The van der Waals surface area contributed by atoms with Crippen molar-refractivity contribution in [3.8, 4) is 11.4 Å². The van der Waals surface area contributed by atoms with Gasteiger partial charge in [-0.1, -0.05) is 12.1 Å². The van der Waals surface area contributed by atoms with E-state index in [0.717, 1.165) is 13.1 Å². The number of aromatic nitrogens is 2. The summed E-state index contributed by atoms with van der Waals surface area (Å²) in [5.41, 5.74) is 0.760. The molecule has 1 aromatic carbocycles. The molecular formula is C13H14N4O3. The predicted molar refractivity (Wildman–Crippen MR) is 71.2 cm³/mol. The van der Waals surface area contributed by atoms with Crippen molar-refractivity contribution in [2.45, 2.75) is 12.8 Å². The van der Waals surface area contributed by atoms with Crippen molar-refractivity contribution in [2.75, 3.05) is 13.1 Å². The Balaban J connectivity index is 1.84. The van der Waals surface area contributed by atoms with Crippen LogP contribution in [0.5, 0.6) is 0 Å². The molecule has 1 aliphatic heterocycles. The Labute approximate surface area is 115 Å². The summed E-state index contributed by atoms with van der Waals surface area (Å²) in [6.07, 6.45) is 0. The maximum atomic E-state index is 10.6. The average molecular weight is 274 g/mol. The number of nitro groups is 1. The third-order valence-electron chi connectivity index (χ3n) is 3.61. The van der Waals surface area contributed by atoms with Gasteiger partial charge in [-0.2, -0.15) is 4.98 Å². The molecule has 7 heteroatoms. The van der Waals surface area contributed by atoms with Crippen molar-refractivity contribution < 1.29 is 9.45 Å². The van der Waals surface area contributed by atoms with Crippen molar-refractivity contribution in [2.24, 2.45) is 5.92 Å². The van der Waals surface area contributed by atoms with Gasteiger partial charge in [0.05, 0.1) is 10.8 Å². The molecule has 1 aromatic heterocycles. The minimum atomic E-state index is -0.433. The van der Waals surface area contributed by atoms with Gasteiger partial charge in [0, 0.05) is 24.2 Å². The molecule has 2 atom stereocenters. The summed E-state index contributed by atoms with van der Waals surface area (Å²) in [5.74, 6) is 1.78. The number of nitro benzene ring substituents is 1. The smallest absolute Gasteiger partial charge is 0.269 e. The maximum absolute atomic E-state index is 10.6. The van der Waals surface area contributed by atoms with E-state index in [-0.39, 0.29) is 11.6 Å². The van der Waals surface area contributed by atoms with E-state index < -0.39 is 4.92 Å². The molecule has 7 nitrogen and oxygen atoms in total. The quantitative estimate of drug-likeness (QED) is 0.679. The van der Waals surface area contributed by atoms with Crippen LogP contribution in [-0.2, 0) is 0 Å². The summed E-state index contributed by atoms with van der Waals surface area (Å²) >= 11 is 0. The Bertz CT molecular complexity index is 623. The Kier molecular flexibility index (Phi) is 3.19. The summed E-state index contributed by atoms with van der Waals surface area (Å²) in [5, 5.41) is 17.9. The van der Waals surface area contributed by atoms with Crippen molar-refractivity contribution in [3.05, 3.63) is 40.3 Å². The number of hydrogen-bond acceptors (Lipinski definition) is 6. The highest BCUT2D eigenvalue weighted by Gasteiger charge is 2.29. The number of benzene rings is 1. The fourth-order valence-corrected chi connectivity index (χ4v) is 2.38. The fraction of sp³-hybridized carbons (Fsp3) is 0.385. The molecule has 0 aliphatic carbocycles.